The fourth-order valence-electron chi connectivity index (χ4n) is 1.94. The fourth-order valence-corrected chi connectivity index (χ4v) is 5.15. The molecular weight excluding hydrogens is 328 g/mol. The van der Waals surface area contributed by atoms with Gasteiger partial charge >= 0.3 is 0 Å². The van der Waals surface area contributed by atoms with E-state index in [2.05, 4.69) is 14.9 Å². The average molecular weight is 342 g/mol. The molecule has 1 N–H and O–H groups in total. The number of sulfonamides is 1. The highest BCUT2D eigenvalue weighted by Crippen LogP contribution is 2.21. The van der Waals surface area contributed by atoms with Crippen molar-refractivity contribution in [3.05, 3.63) is 34.4 Å². The Labute approximate surface area is 130 Å². The molecule has 0 amide bonds. The van der Waals surface area contributed by atoms with Gasteiger partial charge in [0.25, 0.3) is 0 Å². The van der Waals surface area contributed by atoms with E-state index in [0.29, 0.717) is 17.2 Å². The summed E-state index contributed by atoms with van der Waals surface area (Å²) in [5.74, 6) is 0. The molecule has 0 aliphatic heterocycles. The number of thiazole rings is 1. The third-order valence-corrected chi connectivity index (χ3v) is 7.11. The predicted molar refractivity (Wildman–Crippen MR) is 83.5 cm³/mol. The van der Waals surface area contributed by atoms with Crippen molar-refractivity contribution in [3.63, 3.8) is 0 Å². The Kier molecular flexibility index (Phi) is 4.07. The van der Waals surface area contributed by atoms with Crippen LogP contribution in [-0.4, -0.2) is 29.6 Å². The van der Waals surface area contributed by atoms with Gasteiger partial charge in [-0.05, 0) is 18.6 Å². The van der Waals surface area contributed by atoms with Crippen LogP contribution in [0.1, 0.15) is 17.5 Å². The normalized spacial score (nSPS) is 12.2. The Morgan fingerprint density at radius 1 is 1.38 bits per heavy atom. The quantitative estimate of drug-likeness (QED) is 0.743. The maximum Gasteiger partial charge on any atom is 0.250 e. The summed E-state index contributed by atoms with van der Waals surface area (Å²) in [5.41, 5.74) is 1.00. The smallest absolute Gasteiger partial charge is 0.250 e. The second-order valence-electron chi connectivity index (χ2n) is 4.43. The molecule has 112 valence electrons. The molecule has 0 fully saturated rings. The van der Waals surface area contributed by atoms with Crippen LogP contribution in [-0.2, 0) is 22.9 Å². The molecule has 3 heterocycles. The average Bonchev–Trinajstić information content (AvgIpc) is 3.15. The molecule has 21 heavy (non-hydrogen) atoms. The molecule has 0 bridgehead atoms. The Morgan fingerprint density at radius 3 is 3.00 bits per heavy atom. The topological polar surface area (TPSA) is 76.4 Å². The van der Waals surface area contributed by atoms with Gasteiger partial charge in [0, 0.05) is 28.9 Å². The lowest BCUT2D eigenvalue weighted by Crippen LogP contribution is -2.25. The zero-order chi connectivity index (χ0) is 14.9. The Balaban J connectivity index is 1.65. The summed E-state index contributed by atoms with van der Waals surface area (Å²) in [4.78, 5) is 1.89. The SMILES string of the molecule is CCc1ccc(S(=O)(=O)NCCc2csc3nncn23)s1. The van der Waals surface area contributed by atoms with Gasteiger partial charge in [-0.15, -0.1) is 32.9 Å². The van der Waals surface area contributed by atoms with Gasteiger partial charge in [0.05, 0.1) is 0 Å². The number of thiophene rings is 1. The van der Waals surface area contributed by atoms with E-state index in [-0.39, 0.29) is 0 Å². The molecular formula is C12H14N4O2S3. The molecule has 0 saturated heterocycles. The van der Waals surface area contributed by atoms with Crippen molar-refractivity contribution in [2.75, 3.05) is 6.54 Å². The van der Waals surface area contributed by atoms with Gasteiger partial charge in [-0.25, -0.2) is 13.1 Å². The van der Waals surface area contributed by atoms with E-state index < -0.39 is 10.0 Å². The maximum atomic E-state index is 12.2. The fraction of sp³-hybridized carbons (Fsp3) is 0.333. The first-order chi connectivity index (χ1) is 10.1. The van der Waals surface area contributed by atoms with Crippen LogP contribution in [0.2, 0.25) is 0 Å². The summed E-state index contributed by atoms with van der Waals surface area (Å²) >= 11 is 2.81. The Bertz CT molecular complexity index is 847. The molecule has 3 rings (SSSR count). The predicted octanol–water partition coefficient (Wildman–Crippen LogP) is 1.94. The number of hydrogen-bond acceptors (Lipinski definition) is 6. The molecule has 3 aromatic rings. The minimum atomic E-state index is -3.41. The zero-order valence-corrected chi connectivity index (χ0v) is 13.8. The standard InChI is InChI=1S/C12H14N4O2S3/c1-2-10-3-4-11(20-10)21(17,18)14-6-5-9-7-19-12-15-13-8-16(9)12/h3-4,7-8,14H,2,5-6H2,1H3. The minimum absolute atomic E-state index is 0.353. The van der Waals surface area contributed by atoms with Crippen molar-refractivity contribution >= 4 is 37.7 Å². The molecule has 0 aliphatic carbocycles. The van der Waals surface area contributed by atoms with E-state index in [9.17, 15) is 8.42 Å². The number of nitrogens with zero attached hydrogens (tertiary/aromatic N) is 3. The second kappa shape index (κ2) is 5.84. The zero-order valence-electron chi connectivity index (χ0n) is 11.3. The number of aryl methyl sites for hydroxylation is 1. The summed E-state index contributed by atoms with van der Waals surface area (Å²) in [6, 6.07) is 3.52. The molecule has 6 nitrogen and oxygen atoms in total. The van der Waals surface area contributed by atoms with Gasteiger partial charge in [0.15, 0.2) is 0 Å². The van der Waals surface area contributed by atoms with Crippen LogP contribution in [0.3, 0.4) is 0 Å². The van der Waals surface area contributed by atoms with Gasteiger partial charge in [0.2, 0.25) is 15.0 Å². The van der Waals surface area contributed by atoms with Crippen molar-refractivity contribution < 1.29 is 8.42 Å². The summed E-state index contributed by atoms with van der Waals surface area (Å²) in [6.45, 7) is 2.36. The Hall–Kier alpha value is -1.29. The lowest BCUT2D eigenvalue weighted by Gasteiger charge is -2.04. The van der Waals surface area contributed by atoms with Gasteiger partial charge in [-0.2, -0.15) is 0 Å². The van der Waals surface area contributed by atoms with E-state index in [1.165, 1.54) is 22.7 Å². The van der Waals surface area contributed by atoms with E-state index >= 15 is 0 Å². The van der Waals surface area contributed by atoms with Crippen LogP contribution in [0, 0.1) is 0 Å². The van der Waals surface area contributed by atoms with Crippen LogP contribution >= 0.6 is 22.7 Å². The van der Waals surface area contributed by atoms with Crippen molar-refractivity contribution in [1.29, 1.82) is 0 Å². The van der Waals surface area contributed by atoms with Gasteiger partial charge in [-0.3, -0.25) is 4.40 Å². The third-order valence-electron chi connectivity index (χ3n) is 3.05. The first kappa shape index (κ1) is 14.6. The number of rotatable bonds is 6. The molecule has 0 unspecified atom stereocenters. The largest absolute Gasteiger partial charge is 0.276 e. The molecule has 3 aromatic heterocycles. The summed E-state index contributed by atoms with van der Waals surface area (Å²) in [5, 5.41) is 9.75. The summed E-state index contributed by atoms with van der Waals surface area (Å²) in [7, 11) is -3.41. The van der Waals surface area contributed by atoms with Gasteiger partial charge < -0.3 is 0 Å². The minimum Gasteiger partial charge on any atom is -0.276 e. The molecule has 0 saturated carbocycles. The van der Waals surface area contributed by atoms with Gasteiger partial charge in [0.1, 0.15) is 10.5 Å². The summed E-state index contributed by atoms with van der Waals surface area (Å²) in [6.07, 6.45) is 3.09. The highest BCUT2D eigenvalue weighted by molar-refractivity contribution is 7.91. The van der Waals surface area contributed by atoms with Crippen molar-refractivity contribution in [1.82, 2.24) is 19.3 Å². The molecule has 0 atom stereocenters. The maximum absolute atomic E-state index is 12.2. The monoisotopic (exact) mass is 342 g/mol. The number of nitrogens with one attached hydrogen (secondary N) is 1. The highest BCUT2D eigenvalue weighted by Gasteiger charge is 2.16. The molecule has 0 aromatic carbocycles. The first-order valence-electron chi connectivity index (χ1n) is 6.44. The van der Waals surface area contributed by atoms with Crippen molar-refractivity contribution in [3.8, 4) is 0 Å². The lowest BCUT2D eigenvalue weighted by molar-refractivity contribution is 0.583. The van der Waals surface area contributed by atoms with E-state index in [0.717, 1.165) is 22.0 Å². The van der Waals surface area contributed by atoms with E-state index in [1.54, 1.807) is 12.4 Å². The highest BCUT2D eigenvalue weighted by atomic mass is 32.2. The van der Waals surface area contributed by atoms with Crippen LogP contribution in [0.15, 0.2) is 28.0 Å². The van der Waals surface area contributed by atoms with Crippen molar-refractivity contribution in [2.45, 2.75) is 24.0 Å². The lowest BCUT2D eigenvalue weighted by atomic mass is 10.3. The molecule has 9 heteroatoms. The van der Waals surface area contributed by atoms with Crippen LogP contribution in [0.4, 0.5) is 0 Å². The number of fused-ring (bicyclic) bond motifs is 1. The van der Waals surface area contributed by atoms with Crippen LogP contribution in [0.5, 0.6) is 0 Å². The Morgan fingerprint density at radius 2 is 2.24 bits per heavy atom. The van der Waals surface area contributed by atoms with Gasteiger partial charge in [-0.1, -0.05) is 6.92 Å². The van der Waals surface area contributed by atoms with Crippen LogP contribution < -0.4 is 4.72 Å². The van der Waals surface area contributed by atoms with Crippen LogP contribution in [0.25, 0.3) is 4.96 Å². The number of aromatic nitrogens is 3. The third kappa shape index (κ3) is 3.00. The first-order valence-corrected chi connectivity index (χ1v) is 9.62. The summed E-state index contributed by atoms with van der Waals surface area (Å²) < 4.78 is 29.2. The van der Waals surface area contributed by atoms with Crippen molar-refractivity contribution in [2.24, 2.45) is 0 Å². The second-order valence-corrected chi connectivity index (χ2v) is 8.43. The van der Waals surface area contributed by atoms with E-state index in [4.69, 9.17) is 0 Å². The molecule has 0 radical (unpaired) electrons. The molecule has 0 aliphatic rings. The molecule has 0 spiro atoms. The van der Waals surface area contributed by atoms with E-state index in [1.807, 2.05) is 22.8 Å². The number of hydrogen-bond donors (Lipinski definition) is 1.